The van der Waals surface area contributed by atoms with Crippen molar-refractivity contribution in [1.29, 1.82) is 0 Å². The molecule has 0 aromatic carbocycles. The summed E-state index contributed by atoms with van der Waals surface area (Å²) in [4.78, 5) is 23.0. The molecule has 0 heterocycles. The van der Waals surface area contributed by atoms with Crippen molar-refractivity contribution in [3.63, 3.8) is 0 Å². The number of methoxy groups -OCH3 is 1. The van der Waals surface area contributed by atoms with Crippen LogP contribution in [0, 0.1) is 11.8 Å². The number of ether oxygens (including phenoxy) is 1. The molecule has 0 aromatic rings. The molecule has 0 aromatic heterocycles. The quantitative estimate of drug-likeness (QED) is 0.406. The maximum Gasteiger partial charge on any atom is 0.305 e. The van der Waals surface area contributed by atoms with Gasteiger partial charge in [0.25, 0.3) is 0 Å². The molecule has 96 valence electrons. The largest absolute Gasteiger partial charge is 0.469 e. The smallest absolute Gasteiger partial charge is 0.305 e. The van der Waals surface area contributed by atoms with E-state index in [4.69, 9.17) is 0 Å². The molecule has 0 radical (unpaired) electrons. The molecule has 0 amide bonds. The highest BCUT2D eigenvalue weighted by molar-refractivity contribution is 5.84. The molecule has 0 spiro atoms. The highest BCUT2D eigenvalue weighted by Gasteiger charge is 2.35. The van der Waals surface area contributed by atoms with Gasteiger partial charge in [0.1, 0.15) is 5.78 Å². The van der Waals surface area contributed by atoms with Crippen molar-refractivity contribution < 1.29 is 14.3 Å². The molecule has 2 unspecified atom stereocenters. The Morgan fingerprint density at radius 2 is 2.29 bits per heavy atom. The van der Waals surface area contributed by atoms with Gasteiger partial charge in [-0.05, 0) is 38.5 Å². The van der Waals surface area contributed by atoms with E-state index in [1.165, 1.54) is 7.11 Å². The van der Waals surface area contributed by atoms with Crippen LogP contribution < -0.4 is 0 Å². The SMILES string of the molecule is CC=CCCCC1C(=O)CCC1CC(=O)OC. The first kappa shape index (κ1) is 13.9. The molecule has 0 bridgehead atoms. The third-order valence-corrected chi connectivity index (χ3v) is 3.52. The zero-order chi connectivity index (χ0) is 12.7. The van der Waals surface area contributed by atoms with Gasteiger partial charge in [0.05, 0.1) is 7.11 Å². The third kappa shape index (κ3) is 4.33. The first-order valence-electron chi connectivity index (χ1n) is 6.39. The standard InChI is InChI=1S/C14H22O3/c1-3-4-5-6-7-12-11(8-9-13(12)15)10-14(16)17-2/h3-4,11-12H,5-10H2,1-2H3. The van der Waals surface area contributed by atoms with Crippen molar-refractivity contribution in [3.8, 4) is 0 Å². The van der Waals surface area contributed by atoms with E-state index in [1.54, 1.807) is 0 Å². The van der Waals surface area contributed by atoms with Crippen LogP contribution in [-0.2, 0) is 14.3 Å². The average Bonchev–Trinajstić information content (AvgIpc) is 2.66. The van der Waals surface area contributed by atoms with E-state index < -0.39 is 0 Å². The van der Waals surface area contributed by atoms with E-state index in [2.05, 4.69) is 10.8 Å². The highest BCUT2D eigenvalue weighted by Crippen LogP contribution is 2.35. The van der Waals surface area contributed by atoms with Crippen molar-refractivity contribution in [3.05, 3.63) is 12.2 Å². The average molecular weight is 238 g/mol. The number of carbonyl (C=O) groups is 2. The molecule has 0 N–H and O–H groups in total. The van der Waals surface area contributed by atoms with Crippen LogP contribution in [-0.4, -0.2) is 18.9 Å². The van der Waals surface area contributed by atoms with Gasteiger partial charge in [0.15, 0.2) is 0 Å². The lowest BCUT2D eigenvalue weighted by atomic mass is 9.88. The predicted octanol–water partition coefficient (Wildman–Crippen LogP) is 2.89. The summed E-state index contributed by atoms with van der Waals surface area (Å²) in [5.41, 5.74) is 0. The van der Waals surface area contributed by atoms with Gasteiger partial charge in [-0.2, -0.15) is 0 Å². The van der Waals surface area contributed by atoms with Crippen LogP contribution in [0.5, 0.6) is 0 Å². The Hall–Kier alpha value is -1.12. The van der Waals surface area contributed by atoms with Gasteiger partial charge in [0, 0.05) is 18.8 Å². The Morgan fingerprint density at radius 3 is 2.94 bits per heavy atom. The second-order valence-electron chi connectivity index (χ2n) is 4.65. The molecule has 0 saturated heterocycles. The second-order valence-corrected chi connectivity index (χ2v) is 4.65. The summed E-state index contributed by atoms with van der Waals surface area (Å²) in [5.74, 6) is 0.433. The minimum absolute atomic E-state index is 0.0827. The fraction of sp³-hybridized carbons (Fsp3) is 0.714. The molecule has 1 aliphatic carbocycles. The lowest BCUT2D eigenvalue weighted by molar-refractivity contribution is -0.142. The first-order valence-corrected chi connectivity index (χ1v) is 6.39. The topological polar surface area (TPSA) is 43.4 Å². The van der Waals surface area contributed by atoms with Gasteiger partial charge < -0.3 is 4.74 Å². The van der Waals surface area contributed by atoms with E-state index in [0.29, 0.717) is 18.6 Å². The molecular weight excluding hydrogens is 216 g/mol. The van der Waals surface area contributed by atoms with Crippen LogP contribution in [0.4, 0.5) is 0 Å². The summed E-state index contributed by atoms with van der Waals surface area (Å²) in [6.45, 7) is 2.00. The fourth-order valence-electron chi connectivity index (χ4n) is 2.54. The van der Waals surface area contributed by atoms with Gasteiger partial charge in [-0.25, -0.2) is 0 Å². The minimum Gasteiger partial charge on any atom is -0.469 e. The van der Waals surface area contributed by atoms with Crippen molar-refractivity contribution in [2.24, 2.45) is 11.8 Å². The zero-order valence-corrected chi connectivity index (χ0v) is 10.8. The van der Waals surface area contributed by atoms with Crippen molar-refractivity contribution in [1.82, 2.24) is 0 Å². The summed E-state index contributed by atoms with van der Waals surface area (Å²) >= 11 is 0. The van der Waals surface area contributed by atoms with Crippen LogP contribution in [0.2, 0.25) is 0 Å². The fourth-order valence-corrected chi connectivity index (χ4v) is 2.54. The Balaban J connectivity index is 2.41. The summed E-state index contributed by atoms with van der Waals surface area (Å²) in [6.07, 6.45) is 8.99. The molecule has 1 saturated carbocycles. The highest BCUT2D eigenvalue weighted by atomic mass is 16.5. The summed E-state index contributed by atoms with van der Waals surface area (Å²) in [5, 5.41) is 0. The summed E-state index contributed by atoms with van der Waals surface area (Å²) < 4.78 is 4.68. The minimum atomic E-state index is -0.192. The molecular formula is C14H22O3. The van der Waals surface area contributed by atoms with E-state index >= 15 is 0 Å². The molecule has 1 rings (SSSR count). The van der Waals surface area contributed by atoms with Gasteiger partial charge in [-0.15, -0.1) is 0 Å². The van der Waals surface area contributed by atoms with Gasteiger partial charge >= 0.3 is 5.97 Å². The number of hydrogen-bond acceptors (Lipinski definition) is 3. The monoisotopic (exact) mass is 238 g/mol. The van der Waals surface area contributed by atoms with Crippen LogP contribution in [0.3, 0.4) is 0 Å². The first-order chi connectivity index (χ1) is 8.19. The van der Waals surface area contributed by atoms with Crippen LogP contribution in [0.1, 0.15) is 45.4 Å². The van der Waals surface area contributed by atoms with Gasteiger partial charge in [-0.3, -0.25) is 9.59 Å². The van der Waals surface area contributed by atoms with Crippen molar-refractivity contribution in [2.75, 3.05) is 7.11 Å². The molecule has 0 aliphatic heterocycles. The van der Waals surface area contributed by atoms with Gasteiger partial charge in [0.2, 0.25) is 0 Å². The van der Waals surface area contributed by atoms with Crippen molar-refractivity contribution >= 4 is 11.8 Å². The molecule has 3 nitrogen and oxygen atoms in total. The third-order valence-electron chi connectivity index (χ3n) is 3.52. The predicted molar refractivity (Wildman–Crippen MR) is 66.5 cm³/mol. The van der Waals surface area contributed by atoms with Crippen LogP contribution >= 0.6 is 0 Å². The molecule has 2 atom stereocenters. The molecule has 1 aliphatic rings. The Labute approximate surface area is 103 Å². The van der Waals surface area contributed by atoms with Crippen LogP contribution in [0.25, 0.3) is 0 Å². The van der Waals surface area contributed by atoms with Gasteiger partial charge in [-0.1, -0.05) is 12.2 Å². The summed E-state index contributed by atoms with van der Waals surface area (Å²) in [6, 6.07) is 0. The van der Waals surface area contributed by atoms with E-state index in [0.717, 1.165) is 25.7 Å². The number of Topliss-reactive ketones (excluding diaryl/α,β-unsaturated/α-hetero) is 1. The maximum absolute atomic E-state index is 11.7. The lowest BCUT2D eigenvalue weighted by Gasteiger charge is -2.16. The summed E-state index contributed by atoms with van der Waals surface area (Å²) in [7, 11) is 1.40. The number of ketones is 1. The normalized spacial score (nSPS) is 24.5. The number of carbonyl (C=O) groups excluding carboxylic acids is 2. The lowest BCUT2D eigenvalue weighted by Crippen LogP contribution is -2.18. The number of unbranched alkanes of at least 4 members (excludes halogenated alkanes) is 1. The number of hydrogen-bond donors (Lipinski definition) is 0. The number of esters is 1. The van der Waals surface area contributed by atoms with E-state index in [9.17, 15) is 9.59 Å². The van der Waals surface area contributed by atoms with Crippen molar-refractivity contribution in [2.45, 2.75) is 45.4 Å². The molecule has 3 heteroatoms. The molecule has 1 fully saturated rings. The Bertz CT molecular complexity index is 294. The molecule has 17 heavy (non-hydrogen) atoms. The Kier molecular flexibility index (Phi) is 5.95. The van der Waals surface area contributed by atoms with E-state index in [-0.39, 0.29) is 17.8 Å². The van der Waals surface area contributed by atoms with Crippen LogP contribution in [0.15, 0.2) is 12.2 Å². The van der Waals surface area contributed by atoms with E-state index in [1.807, 2.05) is 13.0 Å². The Morgan fingerprint density at radius 1 is 1.53 bits per heavy atom. The zero-order valence-electron chi connectivity index (χ0n) is 10.8. The number of rotatable bonds is 6. The number of allylic oxidation sites excluding steroid dienone is 2. The maximum atomic E-state index is 11.7. The second kappa shape index (κ2) is 7.25.